The number of ether oxygens (including phenoxy) is 2. The van der Waals surface area contributed by atoms with Crippen LogP contribution >= 0.6 is 0 Å². The molecular weight excluding hydrogens is 430 g/mol. The smallest absolute Gasteiger partial charge is 0.119 e. The maximum atomic E-state index is 10.8. The average molecular weight is 472 g/mol. The SMILES string of the molecule is OC12CC3CC(C1)C(OOC1CCC(c4ccc(OCCN5CCOCC5)cc4)CC1)C(C3)C2. The molecule has 6 nitrogen and oxygen atoms in total. The highest BCUT2D eigenvalue weighted by atomic mass is 17.2. The van der Waals surface area contributed by atoms with Crippen molar-refractivity contribution in [3.63, 3.8) is 0 Å². The first kappa shape index (κ1) is 23.2. The molecule has 6 heteroatoms. The van der Waals surface area contributed by atoms with E-state index in [0.717, 1.165) is 90.2 Å². The topological polar surface area (TPSA) is 60.4 Å². The van der Waals surface area contributed by atoms with Gasteiger partial charge in [0.15, 0.2) is 0 Å². The van der Waals surface area contributed by atoms with E-state index in [0.29, 0.717) is 23.7 Å². The van der Waals surface area contributed by atoms with Gasteiger partial charge in [0.05, 0.1) is 31.0 Å². The summed E-state index contributed by atoms with van der Waals surface area (Å²) >= 11 is 0. The third-order valence-corrected chi connectivity index (χ3v) is 9.26. The van der Waals surface area contributed by atoms with Crippen LogP contribution in [0.15, 0.2) is 24.3 Å². The molecule has 0 spiro atoms. The highest BCUT2D eigenvalue weighted by Crippen LogP contribution is 2.56. The van der Waals surface area contributed by atoms with Gasteiger partial charge in [0, 0.05) is 19.6 Å². The minimum Gasteiger partial charge on any atom is -0.492 e. The maximum Gasteiger partial charge on any atom is 0.119 e. The minimum absolute atomic E-state index is 0.199. The Morgan fingerprint density at radius 1 is 0.912 bits per heavy atom. The molecule has 6 aliphatic rings. The van der Waals surface area contributed by atoms with Gasteiger partial charge in [0.25, 0.3) is 0 Å². The van der Waals surface area contributed by atoms with Gasteiger partial charge in [-0.15, -0.1) is 0 Å². The Hall–Kier alpha value is -1.18. The molecule has 188 valence electrons. The lowest BCUT2D eigenvalue weighted by Gasteiger charge is -2.57. The van der Waals surface area contributed by atoms with Crippen molar-refractivity contribution >= 4 is 0 Å². The van der Waals surface area contributed by atoms with Gasteiger partial charge in [0.2, 0.25) is 0 Å². The van der Waals surface area contributed by atoms with Crippen molar-refractivity contribution < 1.29 is 24.4 Å². The van der Waals surface area contributed by atoms with E-state index in [1.54, 1.807) is 0 Å². The van der Waals surface area contributed by atoms with E-state index in [-0.39, 0.29) is 12.2 Å². The van der Waals surface area contributed by atoms with Gasteiger partial charge in [-0.2, -0.15) is 0 Å². The molecule has 34 heavy (non-hydrogen) atoms. The average Bonchev–Trinajstić information content (AvgIpc) is 2.84. The number of rotatable bonds is 8. The van der Waals surface area contributed by atoms with E-state index >= 15 is 0 Å². The normalized spacial score (nSPS) is 39.9. The van der Waals surface area contributed by atoms with Crippen molar-refractivity contribution in [2.45, 2.75) is 81.5 Å². The van der Waals surface area contributed by atoms with Gasteiger partial charge < -0.3 is 14.6 Å². The predicted octanol–water partition coefficient (Wildman–Crippen LogP) is 4.31. The molecule has 1 heterocycles. The van der Waals surface area contributed by atoms with E-state index in [4.69, 9.17) is 19.2 Å². The molecule has 1 aliphatic heterocycles. The van der Waals surface area contributed by atoms with Crippen molar-refractivity contribution in [1.82, 2.24) is 4.90 Å². The molecule has 0 aromatic heterocycles. The highest BCUT2D eigenvalue weighted by molar-refractivity contribution is 5.29. The second kappa shape index (κ2) is 10.1. The Morgan fingerprint density at radius 2 is 1.62 bits per heavy atom. The van der Waals surface area contributed by atoms with Gasteiger partial charge in [0.1, 0.15) is 12.4 Å². The molecule has 1 aromatic carbocycles. The van der Waals surface area contributed by atoms with Gasteiger partial charge >= 0.3 is 0 Å². The summed E-state index contributed by atoms with van der Waals surface area (Å²) in [6.07, 6.45) is 10.1. The molecule has 0 radical (unpaired) electrons. The predicted molar refractivity (Wildman–Crippen MR) is 129 cm³/mol. The van der Waals surface area contributed by atoms with Crippen LogP contribution in [0.5, 0.6) is 5.75 Å². The third kappa shape index (κ3) is 5.17. The van der Waals surface area contributed by atoms with E-state index in [9.17, 15) is 5.11 Å². The monoisotopic (exact) mass is 471 g/mol. The van der Waals surface area contributed by atoms with Crippen molar-refractivity contribution in [1.29, 1.82) is 0 Å². The second-order valence-corrected chi connectivity index (χ2v) is 11.7. The molecule has 1 aromatic rings. The fourth-order valence-corrected chi connectivity index (χ4v) is 7.68. The van der Waals surface area contributed by atoms with E-state index < -0.39 is 5.60 Å². The van der Waals surface area contributed by atoms with Gasteiger partial charge in [-0.1, -0.05) is 12.1 Å². The number of morpholine rings is 1. The molecule has 5 aliphatic carbocycles. The zero-order valence-corrected chi connectivity index (χ0v) is 20.4. The number of hydrogen-bond acceptors (Lipinski definition) is 6. The second-order valence-electron chi connectivity index (χ2n) is 11.7. The summed E-state index contributed by atoms with van der Waals surface area (Å²) in [4.78, 5) is 14.5. The Morgan fingerprint density at radius 3 is 2.29 bits per heavy atom. The summed E-state index contributed by atoms with van der Waals surface area (Å²) < 4.78 is 11.4. The molecule has 1 saturated heterocycles. The lowest BCUT2D eigenvalue weighted by Crippen LogP contribution is -2.57. The van der Waals surface area contributed by atoms with Crippen LogP contribution in [-0.4, -0.2) is 67.3 Å². The molecule has 5 saturated carbocycles. The van der Waals surface area contributed by atoms with Crippen molar-refractivity contribution in [3.8, 4) is 5.75 Å². The summed E-state index contributed by atoms with van der Waals surface area (Å²) in [5, 5.41) is 10.8. The molecule has 6 fully saturated rings. The summed E-state index contributed by atoms with van der Waals surface area (Å²) in [7, 11) is 0. The van der Waals surface area contributed by atoms with Crippen LogP contribution in [-0.2, 0) is 14.5 Å². The molecule has 4 bridgehead atoms. The molecule has 7 rings (SSSR count). The van der Waals surface area contributed by atoms with Gasteiger partial charge in [-0.3, -0.25) is 4.90 Å². The lowest BCUT2D eigenvalue weighted by atomic mass is 9.53. The zero-order chi connectivity index (χ0) is 23.0. The van der Waals surface area contributed by atoms with Crippen molar-refractivity contribution in [2.75, 3.05) is 39.5 Å². The first-order valence-electron chi connectivity index (χ1n) is 13.7. The van der Waals surface area contributed by atoms with Gasteiger partial charge in [-0.25, -0.2) is 9.78 Å². The van der Waals surface area contributed by atoms with Crippen LogP contribution in [0.2, 0.25) is 0 Å². The standard InChI is InChI=1S/C28H41NO5/c30-28-17-20-15-23(18-28)27(24(16-20)19-28)34-33-26-7-3-22(4-8-26)21-1-5-25(6-2-21)32-14-11-29-9-12-31-13-10-29/h1-2,5-6,20,22-24,26-27,30H,3-4,7-19H2. The summed E-state index contributed by atoms with van der Waals surface area (Å²) in [6, 6.07) is 8.73. The van der Waals surface area contributed by atoms with Crippen LogP contribution < -0.4 is 4.74 Å². The van der Waals surface area contributed by atoms with Crippen LogP contribution in [0.1, 0.15) is 69.3 Å². The summed E-state index contributed by atoms with van der Waals surface area (Å²) in [6.45, 7) is 5.36. The minimum atomic E-state index is -0.405. The number of hydrogen-bond donors (Lipinski definition) is 1. The number of aliphatic hydroxyl groups is 1. The molecular formula is C28H41NO5. The summed E-state index contributed by atoms with van der Waals surface area (Å²) in [5.74, 6) is 3.24. The number of benzene rings is 1. The Kier molecular flexibility index (Phi) is 6.87. The number of nitrogens with zero attached hydrogens (tertiary/aromatic N) is 1. The van der Waals surface area contributed by atoms with Crippen LogP contribution in [0, 0.1) is 17.8 Å². The quantitative estimate of drug-likeness (QED) is 0.450. The first-order valence-corrected chi connectivity index (χ1v) is 13.7. The maximum absolute atomic E-state index is 10.8. The molecule has 2 unspecified atom stereocenters. The Bertz CT molecular complexity index is 786. The molecule has 1 N–H and O–H groups in total. The largest absolute Gasteiger partial charge is 0.492 e. The first-order chi connectivity index (χ1) is 16.6. The van der Waals surface area contributed by atoms with Crippen molar-refractivity contribution in [2.24, 2.45) is 17.8 Å². The van der Waals surface area contributed by atoms with Crippen LogP contribution in [0.3, 0.4) is 0 Å². The van der Waals surface area contributed by atoms with Crippen LogP contribution in [0.4, 0.5) is 0 Å². The van der Waals surface area contributed by atoms with E-state index in [2.05, 4.69) is 29.2 Å². The zero-order valence-electron chi connectivity index (χ0n) is 20.4. The van der Waals surface area contributed by atoms with Crippen molar-refractivity contribution in [3.05, 3.63) is 29.8 Å². The highest BCUT2D eigenvalue weighted by Gasteiger charge is 2.55. The summed E-state index contributed by atoms with van der Waals surface area (Å²) in [5.41, 5.74) is 1.01. The van der Waals surface area contributed by atoms with E-state index in [1.807, 2.05) is 0 Å². The lowest BCUT2D eigenvalue weighted by molar-refractivity contribution is -0.389. The Labute approximate surface area is 203 Å². The van der Waals surface area contributed by atoms with E-state index in [1.165, 1.54) is 18.4 Å². The fourth-order valence-electron chi connectivity index (χ4n) is 7.68. The Balaban J connectivity index is 0.921. The van der Waals surface area contributed by atoms with Gasteiger partial charge in [-0.05, 0) is 99.2 Å². The van der Waals surface area contributed by atoms with Crippen LogP contribution in [0.25, 0.3) is 0 Å². The fraction of sp³-hybridized carbons (Fsp3) is 0.786. The molecule has 2 atom stereocenters. The third-order valence-electron chi connectivity index (χ3n) is 9.26. The molecule has 0 amide bonds.